The second-order valence-corrected chi connectivity index (χ2v) is 6.75. The first-order valence-corrected chi connectivity index (χ1v) is 8.63. The molecule has 0 spiro atoms. The van der Waals surface area contributed by atoms with E-state index in [1.807, 2.05) is 67.7 Å². The largest absolute Gasteiger partial charge is 0.376 e. The lowest BCUT2D eigenvalue weighted by Crippen LogP contribution is -2.10. The van der Waals surface area contributed by atoms with Crippen molar-refractivity contribution in [1.29, 1.82) is 0 Å². The van der Waals surface area contributed by atoms with Crippen LogP contribution >= 0.6 is 11.3 Å². The van der Waals surface area contributed by atoms with E-state index in [0.717, 1.165) is 22.6 Å². The second kappa shape index (κ2) is 7.31. The van der Waals surface area contributed by atoms with Crippen molar-refractivity contribution in [2.45, 2.75) is 6.92 Å². The van der Waals surface area contributed by atoms with E-state index >= 15 is 0 Å². The zero-order chi connectivity index (χ0) is 17.8. The highest BCUT2D eigenvalue weighted by molar-refractivity contribution is 7.12. The zero-order valence-corrected chi connectivity index (χ0v) is 15.1. The molecule has 1 amide bonds. The number of rotatable bonds is 5. The molecule has 25 heavy (non-hydrogen) atoms. The standard InChI is InChI=1S/C18H19N5OS/c1-12-8-16(25-11-12)18(24)21-14-6-4-13(5-7-14)20-17-9-15(23(2)3)10-19-22-17/h4-11H,1-3H3,(H,20,22)(H,21,24). The van der Waals surface area contributed by atoms with Gasteiger partial charge in [0.05, 0.1) is 16.8 Å². The molecule has 0 bridgehead atoms. The summed E-state index contributed by atoms with van der Waals surface area (Å²) in [6.45, 7) is 1.97. The van der Waals surface area contributed by atoms with Crippen LogP contribution in [0.5, 0.6) is 0 Å². The Morgan fingerprint density at radius 1 is 1.12 bits per heavy atom. The van der Waals surface area contributed by atoms with Gasteiger partial charge in [-0.3, -0.25) is 4.79 Å². The smallest absolute Gasteiger partial charge is 0.265 e. The Bertz CT molecular complexity index is 873. The maximum Gasteiger partial charge on any atom is 0.265 e. The van der Waals surface area contributed by atoms with E-state index in [4.69, 9.17) is 0 Å². The van der Waals surface area contributed by atoms with Crippen molar-refractivity contribution < 1.29 is 4.79 Å². The minimum Gasteiger partial charge on any atom is -0.376 e. The predicted octanol–water partition coefficient (Wildman–Crippen LogP) is 3.91. The molecule has 0 aliphatic rings. The number of carbonyl (C=O) groups excluding carboxylic acids is 1. The van der Waals surface area contributed by atoms with Crippen molar-refractivity contribution in [1.82, 2.24) is 10.2 Å². The van der Waals surface area contributed by atoms with E-state index in [1.54, 1.807) is 6.20 Å². The fourth-order valence-electron chi connectivity index (χ4n) is 2.19. The number of carbonyl (C=O) groups is 1. The van der Waals surface area contributed by atoms with Crippen LogP contribution in [0.15, 0.2) is 48.0 Å². The number of amides is 1. The Balaban J connectivity index is 1.66. The molecule has 0 aliphatic carbocycles. The molecule has 0 atom stereocenters. The van der Waals surface area contributed by atoms with E-state index in [1.165, 1.54) is 11.3 Å². The molecular weight excluding hydrogens is 334 g/mol. The van der Waals surface area contributed by atoms with E-state index in [0.29, 0.717) is 10.7 Å². The van der Waals surface area contributed by atoms with Gasteiger partial charge in [0.1, 0.15) is 0 Å². The van der Waals surface area contributed by atoms with Gasteiger partial charge in [0, 0.05) is 31.5 Å². The summed E-state index contributed by atoms with van der Waals surface area (Å²) in [4.78, 5) is 14.8. The van der Waals surface area contributed by atoms with Gasteiger partial charge in [0.2, 0.25) is 0 Å². The van der Waals surface area contributed by atoms with E-state index < -0.39 is 0 Å². The highest BCUT2D eigenvalue weighted by Gasteiger charge is 2.08. The molecule has 2 aromatic heterocycles. The monoisotopic (exact) mass is 353 g/mol. The van der Waals surface area contributed by atoms with Crippen LogP contribution in [0.4, 0.5) is 22.9 Å². The summed E-state index contributed by atoms with van der Waals surface area (Å²) in [6.07, 6.45) is 1.70. The van der Waals surface area contributed by atoms with E-state index in [-0.39, 0.29) is 5.91 Å². The normalized spacial score (nSPS) is 10.4. The van der Waals surface area contributed by atoms with Crippen LogP contribution in [0.2, 0.25) is 0 Å². The van der Waals surface area contributed by atoms with Gasteiger partial charge >= 0.3 is 0 Å². The van der Waals surface area contributed by atoms with E-state index in [2.05, 4.69) is 20.8 Å². The summed E-state index contributed by atoms with van der Waals surface area (Å²) in [7, 11) is 3.90. The molecule has 0 aliphatic heterocycles. The maximum absolute atomic E-state index is 12.2. The number of aryl methyl sites for hydroxylation is 1. The molecule has 2 N–H and O–H groups in total. The van der Waals surface area contributed by atoms with Crippen LogP contribution in [-0.4, -0.2) is 30.2 Å². The average Bonchev–Trinajstić information content (AvgIpc) is 3.03. The lowest BCUT2D eigenvalue weighted by molar-refractivity contribution is 0.103. The van der Waals surface area contributed by atoms with Crippen LogP contribution in [0.25, 0.3) is 0 Å². The summed E-state index contributed by atoms with van der Waals surface area (Å²) < 4.78 is 0. The van der Waals surface area contributed by atoms with Gasteiger partial charge in [0.25, 0.3) is 5.91 Å². The van der Waals surface area contributed by atoms with Crippen molar-refractivity contribution in [2.24, 2.45) is 0 Å². The summed E-state index contributed by atoms with van der Waals surface area (Å²) in [5.41, 5.74) is 3.67. The van der Waals surface area contributed by atoms with Crippen molar-refractivity contribution in [3.05, 3.63) is 58.4 Å². The van der Waals surface area contributed by atoms with Gasteiger partial charge in [-0.1, -0.05) is 0 Å². The maximum atomic E-state index is 12.2. The molecule has 0 saturated heterocycles. The zero-order valence-electron chi connectivity index (χ0n) is 14.3. The van der Waals surface area contributed by atoms with Crippen molar-refractivity contribution in [2.75, 3.05) is 29.6 Å². The van der Waals surface area contributed by atoms with Gasteiger partial charge in [0.15, 0.2) is 5.82 Å². The number of aromatic nitrogens is 2. The number of benzene rings is 1. The molecule has 7 heteroatoms. The SMILES string of the molecule is Cc1csc(C(=O)Nc2ccc(Nc3cc(N(C)C)cnn3)cc2)c1. The van der Waals surface area contributed by atoms with Crippen LogP contribution in [0.1, 0.15) is 15.2 Å². The van der Waals surface area contributed by atoms with Gasteiger partial charge in [-0.05, 0) is 48.2 Å². The molecule has 3 aromatic rings. The fourth-order valence-corrected chi connectivity index (χ4v) is 2.98. The number of nitrogens with zero attached hydrogens (tertiary/aromatic N) is 3. The Morgan fingerprint density at radius 2 is 1.84 bits per heavy atom. The average molecular weight is 353 g/mol. The van der Waals surface area contributed by atoms with Crippen LogP contribution in [0, 0.1) is 6.92 Å². The first kappa shape index (κ1) is 16.9. The number of thiophene rings is 1. The summed E-state index contributed by atoms with van der Waals surface area (Å²) in [6, 6.07) is 11.3. The molecule has 3 rings (SSSR count). The number of nitrogens with one attached hydrogen (secondary N) is 2. The van der Waals surface area contributed by atoms with Crippen molar-refractivity contribution in [3.63, 3.8) is 0 Å². The molecular formula is C18H19N5OS. The molecule has 0 unspecified atom stereocenters. The third-order valence-electron chi connectivity index (χ3n) is 3.53. The molecule has 0 radical (unpaired) electrons. The molecule has 0 fully saturated rings. The third-order valence-corrected chi connectivity index (χ3v) is 4.57. The Labute approximate surface area is 150 Å². The van der Waals surface area contributed by atoms with Gasteiger partial charge < -0.3 is 15.5 Å². The Kier molecular flexibility index (Phi) is 4.95. The number of anilines is 4. The Hall–Kier alpha value is -2.93. The fraction of sp³-hybridized carbons (Fsp3) is 0.167. The Morgan fingerprint density at radius 3 is 2.48 bits per heavy atom. The van der Waals surface area contributed by atoms with Gasteiger partial charge in [-0.2, -0.15) is 5.10 Å². The lowest BCUT2D eigenvalue weighted by atomic mass is 10.2. The lowest BCUT2D eigenvalue weighted by Gasteiger charge is -2.13. The number of hydrogen-bond acceptors (Lipinski definition) is 6. The van der Waals surface area contributed by atoms with Gasteiger partial charge in [-0.25, -0.2) is 0 Å². The molecule has 2 heterocycles. The molecule has 1 aromatic carbocycles. The minimum absolute atomic E-state index is 0.0941. The third kappa shape index (κ3) is 4.33. The van der Waals surface area contributed by atoms with Crippen LogP contribution in [0.3, 0.4) is 0 Å². The van der Waals surface area contributed by atoms with Crippen molar-refractivity contribution >= 4 is 40.1 Å². The topological polar surface area (TPSA) is 70.2 Å². The first-order chi connectivity index (χ1) is 12.0. The highest BCUT2D eigenvalue weighted by atomic mass is 32.1. The van der Waals surface area contributed by atoms with Crippen molar-refractivity contribution in [3.8, 4) is 0 Å². The molecule has 6 nitrogen and oxygen atoms in total. The second-order valence-electron chi connectivity index (χ2n) is 5.84. The summed E-state index contributed by atoms with van der Waals surface area (Å²) in [5.74, 6) is 0.570. The van der Waals surface area contributed by atoms with Crippen LogP contribution in [-0.2, 0) is 0 Å². The highest BCUT2D eigenvalue weighted by Crippen LogP contribution is 2.21. The van der Waals surface area contributed by atoms with E-state index in [9.17, 15) is 4.79 Å². The molecule has 128 valence electrons. The predicted molar refractivity (Wildman–Crippen MR) is 103 cm³/mol. The molecule has 0 saturated carbocycles. The van der Waals surface area contributed by atoms with Gasteiger partial charge in [-0.15, -0.1) is 16.4 Å². The summed E-state index contributed by atoms with van der Waals surface area (Å²) >= 11 is 1.44. The summed E-state index contributed by atoms with van der Waals surface area (Å²) in [5, 5.41) is 16.1. The van der Waals surface area contributed by atoms with Crippen LogP contribution < -0.4 is 15.5 Å². The first-order valence-electron chi connectivity index (χ1n) is 7.75. The number of hydrogen-bond donors (Lipinski definition) is 2. The minimum atomic E-state index is -0.0941. The quantitative estimate of drug-likeness (QED) is 0.728.